The third-order valence-corrected chi connectivity index (χ3v) is 7.12. The first-order valence-corrected chi connectivity index (χ1v) is 10.9. The predicted molar refractivity (Wildman–Crippen MR) is 101 cm³/mol. The Morgan fingerprint density at radius 1 is 1.21 bits per heavy atom. The predicted octanol–water partition coefficient (Wildman–Crippen LogP) is 1.60. The number of hydrogen-bond acceptors (Lipinski definition) is 8. The van der Waals surface area contributed by atoms with Gasteiger partial charge in [0, 0.05) is 38.8 Å². The molecule has 3 aromatic heterocycles. The molecule has 1 fully saturated rings. The molecule has 0 spiro atoms. The molecule has 11 heteroatoms. The first-order valence-electron chi connectivity index (χ1n) is 8.55. The molecule has 2 N–H and O–H groups in total. The summed E-state index contributed by atoms with van der Waals surface area (Å²) < 4.78 is 37.1. The van der Waals surface area contributed by atoms with Gasteiger partial charge in [0.25, 0.3) is 15.9 Å². The smallest absolute Gasteiger partial charge is 0.284 e. The summed E-state index contributed by atoms with van der Waals surface area (Å²) in [7, 11) is -3.80. The summed E-state index contributed by atoms with van der Waals surface area (Å²) in [6, 6.07) is 8.35. The normalized spacial score (nSPS) is 16.4. The Morgan fingerprint density at radius 3 is 2.64 bits per heavy atom. The lowest BCUT2D eigenvalue weighted by Gasteiger charge is -2.32. The second-order valence-electron chi connectivity index (χ2n) is 6.32. The molecule has 0 saturated carbocycles. The molecule has 1 aliphatic rings. The lowest BCUT2D eigenvalue weighted by molar-refractivity contribution is 0.0968. The number of piperazine rings is 1. The molecule has 1 saturated heterocycles. The topological polar surface area (TPSA) is 123 Å². The Bertz CT molecular complexity index is 1060. The van der Waals surface area contributed by atoms with Crippen molar-refractivity contribution in [2.75, 3.05) is 26.2 Å². The zero-order chi connectivity index (χ0) is 19.7. The van der Waals surface area contributed by atoms with E-state index in [2.05, 4.69) is 10.1 Å². The van der Waals surface area contributed by atoms with Gasteiger partial charge in [0.15, 0.2) is 11.5 Å². The molecule has 28 heavy (non-hydrogen) atoms. The number of aromatic nitrogens is 1. The van der Waals surface area contributed by atoms with Crippen LogP contribution in [0.1, 0.15) is 16.2 Å². The number of amides is 1. The third-order valence-electron chi connectivity index (χ3n) is 4.46. The number of hydrogen-bond donors (Lipinski definition) is 1. The minimum atomic E-state index is -3.80. The first kappa shape index (κ1) is 18.9. The van der Waals surface area contributed by atoms with Crippen molar-refractivity contribution in [1.82, 2.24) is 14.4 Å². The van der Waals surface area contributed by atoms with Crippen LogP contribution in [0, 0.1) is 0 Å². The molecule has 0 aliphatic carbocycles. The van der Waals surface area contributed by atoms with Crippen molar-refractivity contribution in [1.29, 1.82) is 0 Å². The van der Waals surface area contributed by atoms with Gasteiger partial charge in [-0.2, -0.15) is 4.31 Å². The van der Waals surface area contributed by atoms with Crippen molar-refractivity contribution in [2.24, 2.45) is 5.73 Å². The number of carbonyl (C=O) groups excluding carboxylic acids is 1. The Hall–Kier alpha value is -2.47. The van der Waals surface area contributed by atoms with E-state index in [1.54, 1.807) is 11.3 Å². The molecule has 0 aromatic carbocycles. The zero-order valence-corrected chi connectivity index (χ0v) is 16.4. The molecule has 0 bridgehead atoms. The number of thiophene rings is 1. The first-order chi connectivity index (χ1) is 13.4. The van der Waals surface area contributed by atoms with Crippen LogP contribution >= 0.6 is 11.3 Å². The highest BCUT2D eigenvalue weighted by Gasteiger charge is 2.31. The molecular formula is C17H18N4O5S2. The van der Waals surface area contributed by atoms with Crippen molar-refractivity contribution in [3.63, 3.8) is 0 Å². The van der Waals surface area contributed by atoms with Gasteiger partial charge in [-0.1, -0.05) is 11.2 Å². The molecule has 4 heterocycles. The van der Waals surface area contributed by atoms with E-state index in [4.69, 9.17) is 14.7 Å². The summed E-state index contributed by atoms with van der Waals surface area (Å²) in [4.78, 5) is 14.2. The van der Waals surface area contributed by atoms with Crippen molar-refractivity contribution in [3.8, 4) is 10.6 Å². The van der Waals surface area contributed by atoms with E-state index in [1.807, 2.05) is 23.6 Å². The lowest BCUT2D eigenvalue weighted by atomic mass is 10.3. The van der Waals surface area contributed by atoms with Gasteiger partial charge in [0.2, 0.25) is 5.09 Å². The second kappa shape index (κ2) is 7.51. The molecule has 148 valence electrons. The summed E-state index contributed by atoms with van der Waals surface area (Å²) in [5.41, 5.74) is 5.91. The highest BCUT2D eigenvalue weighted by molar-refractivity contribution is 7.89. The summed E-state index contributed by atoms with van der Waals surface area (Å²) >= 11 is 1.58. The van der Waals surface area contributed by atoms with Crippen molar-refractivity contribution < 1.29 is 22.2 Å². The Labute approximate surface area is 165 Å². The van der Waals surface area contributed by atoms with Gasteiger partial charge < -0.3 is 14.7 Å². The second-order valence-corrected chi connectivity index (χ2v) is 9.14. The van der Waals surface area contributed by atoms with Gasteiger partial charge in [0.1, 0.15) is 0 Å². The van der Waals surface area contributed by atoms with E-state index in [0.29, 0.717) is 32.7 Å². The summed E-state index contributed by atoms with van der Waals surface area (Å²) in [6.45, 7) is 2.29. The van der Waals surface area contributed by atoms with E-state index in [1.165, 1.54) is 16.4 Å². The number of sulfonamides is 1. The number of nitrogens with zero attached hydrogens (tertiary/aromatic N) is 3. The molecule has 9 nitrogen and oxygen atoms in total. The average Bonchev–Trinajstić information content (AvgIpc) is 3.43. The summed E-state index contributed by atoms with van der Waals surface area (Å²) in [6.07, 6.45) is 0. The molecule has 0 atom stereocenters. The van der Waals surface area contributed by atoms with E-state index >= 15 is 0 Å². The molecule has 0 radical (unpaired) electrons. The SMILES string of the molecule is NC(=O)c1ccc(S(=O)(=O)N2CCN(Cc3cc(-c4cccs4)on3)CC2)o1. The molecule has 0 unspecified atom stereocenters. The van der Waals surface area contributed by atoms with Crippen LogP contribution in [0.15, 0.2) is 49.7 Å². The quantitative estimate of drug-likeness (QED) is 0.640. The van der Waals surface area contributed by atoms with Crippen molar-refractivity contribution in [2.45, 2.75) is 11.6 Å². The standard InChI is InChI=1S/C17H18N4O5S2/c18-17(22)13-3-4-16(25-13)28(23,24)21-7-5-20(6-8-21)11-12-10-14(26-19-12)15-2-1-9-27-15/h1-4,9-10H,5-8,11H2,(H2,18,22). The van der Waals surface area contributed by atoms with Gasteiger partial charge in [-0.25, -0.2) is 8.42 Å². The minimum Gasteiger partial charge on any atom is -0.438 e. The number of nitrogens with two attached hydrogens (primary N) is 1. The van der Waals surface area contributed by atoms with Gasteiger partial charge in [-0.05, 0) is 23.6 Å². The van der Waals surface area contributed by atoms with Crippen LogP contribution in [-0.2, 0) is 16.6 Å². The monoisotopic (exact) mass is 422 g/mol. The van der Waals surface area contributed by atoms with E-state index < -0.39 is 15.9 Å². The molecule has 1 amide bonds. The summed E-state index contributed by atoms with van der Waals surface area (Å²) in [5.74, 6) is -0.250. The maximum Gasteiger partial charge on any atom is 0.284 e. The van der Waals surface area contributed by atoms with Crippen LogP contribution in [0.2, 0.25) is 0 Å². The van der Waals surface area contributed by atoms with Crippen LogP contribution in [-0.4, -0.2) is 54.9 Å². The van der Waals surface area contributed by atoms with Gasteiger partial charge >= 0.3 is 0 Å². The fourth-order valence-corrected chi connectivity index (χ4v) is 5.00. The molecular weight excluding hydrogens is 404 g/mol. The average molecular weight is 422 g/mol. The fraction of sp³-hybridized carbons (Fsp3) is 0.294. The van der Waals surface area contributed by atoms with E-state index in [9.17, 15) is 13.2 Å². The van der Waals surface area contributed by atoms with Gasteiger partial charge in [-0.3, -0.25) is 9.69 Å². The maximum absolute atomic E-state index is 12.7. The van der Waals surface area contributed by atoms with Crippen LogP contribution in [0.4, 0.5) is 0 Å². The molecule has 3 aromatic rings. The lowest BCUT2D eigenvalue weighted by Crippen LogP contribution is -2.48. The Balaban J connectivity index is 1.37. The zero-order valence-electron chi connectivity index (χ0n) is 14.8. The maximum atomic E-state index is 12.7. The number of primary amides is 1. The number of rotatable bonds is 6. The summed E-state index contributed by atoms with van der Waals surface area (Å²) in [5, 5.41) is 5.80. The highest BCUT2D eigenvalue weighted by atomic mass is 32.2. The third kappa shape index (κ3) is 3.74. The Morgan fingerprint density at radius 2 is 2.00 bits per heavy atom. The van der Waals surface area contributed by atoms with Crippen LogP contribution < -0.4 is 5.73 Å². The van der Waals surface area contributed by atoms with Crippen molar-refractivity contribution in [3.05, 3.63) is 47.2 Å². The highest BCUT2D eigenvalue weighted by Crippen LogP contribution is 2.26. The van der Waals surface area contributed by atoms with Crippen LogP contribution in [0.25, 0.3) is 10.6 Å². The molecule has 1 aliphatic heterocycles. The Kier molecular flexibility index (Phi) is 5.06. The van der Waals surface area contributed by atoms with Gasteiger partial charge in [0.05, 0.1) is 10.6 Å². The van der Waals surface area contributed by atoms with Gasteiger partial charge in [-0.15, -0.1) is 11.3 Å². The molecule has 4 rings (SSSR count). The largest absolute Gasteiger partial charge is 0.438 e. The fourth-order valence-electron chi connectivity index (χ4n) is 3.00. The van der Waals surface area contributed by atoms with Crippen LogP contribution in [0.5, 0.6) is 0 Å². The number of furan rings is 1. The van der Waals surface area contributed by atoms with E-state index in [-0.39, 0.29) is 10.9 Å². The van der Waals surface area contributed by atoms with E-state index in [0.717, 1.165) is 16.3 Å². The van der Waals surface area contributed by atoms with Crippen molar-refractivity contribution >= 4 is 27.3 Å². The minimum absolute atomic E-state index is 0.176. The van der Waals surface area contributed by atoms with Crippen LogP contribution in [0.3, 0.4) is 0 Å². The number of carbonyl (C=O) groups is 1.